The van der Waals surface area contributed by atoms with Crippen LogP contribution >= 0.6 is 11.3 Å². The van der Waals surface area contributed by atoms with Crippen LogP contribution in [-0.4, -0.2) is 47.3 Å². The van der Waals surface area contributed by atoms with E-state index < -0.39 is 6.10 Å². The van der Waals surface area contributed by atoms with Crippen molar-refractivity contribution in [2.45, 2.75) is 31.8 Å². The topological polar surface area (TPSA) is 71.9 Å². The van der Waals surface area contributed by atoms with Crippen LogP contribution < -0.4 is 4.74 Å². The van der Waals surface area contributed by atoms with Gasteiger partial charge < -0.3 is 23.6 Å². The summed E-state index contributed by atoms with van der Waals surface area (Å²) in [5.41, 5.74) is 0.700. The van der Waals surface area contributed by atoms with Gasteiger partial charge in [0.1, 0.15) is 29.8 Å². The fourth-order valence-corrected chi connectivity index (χ4v) is 6.11. The zero-order valence-corrected chi connectivity index (χ0v) is 20.5. The van der Waals surface area contributed by atoms with Crippen LogP contribution in [0.3, 0.4) is 0 Å². The number of β-amino-alcohol motifs (C(OH)–C–C–N with tert-alkyl or cyclic N) is 1. The molecule has 3 aromatic heterocycles. The summed E-state index contributed by atoms with van der Waals surface area (Å²) in [5, 5.41) is 12.9. The van der Waals surface area contributed by atoms with Crippen molar-refractivity contribution in [1.29, 1.82) is 0 Å². The summed E-state index contributed by atoms with van der Waals surface area (Å²) in [6.45, 7) is 4.68. The minimum atomic E-state index is -0.563. The smallest absolute Gasteiger partial charge is 0.263 e. The Bertz CT molecular complexity index is 1410. The molecule has 0 amide bonds. The predicted molar refractivity (Wildman–Crippen MR) is 138 cm³/mol. The number of nitrogens with zero attached hydrogens (tertiary/aromatic N) is 2. The Labute approximate surface area is 207 Å². The zero-order chi connectivity index (χ0) is 23.8. The number of ether oxygens (including phenoxy) is 1. The normalized spacial score (nSPS) is 16.3. The van der Waals surface area contributed by atoms with Gasteiger partial charge in [-0.2, -0.15) is 0 Å². The summed E-state index contributed by atoms with van der Waals surface area (Å²) in [5.74, 6) is 3.03. The highest BCUT2D eigenvalue weighted by atomic mass is 32.1. The Morgan fingerprint density at radius 3 is 2.77 bits per heavy atom. The molecule has 0 bridgehead atoms. The second-order valence-electron chi connectivity index (χ2n) is 9.28. The highest BCUT2D eigenvalue weighted by molar-refractivity contribution is 7.19. The Kier molecular flexibility index (Phi) is 6.06. The third-order valence-electron chi connectivity index (χ3n) is 6.69. The van der Waals surface area contributed by atoms with E-state index in [4.69, 9.17) is 13.6 Å². The van der Waals surface area contributed by atoms with Crippen molar-refractivity contribution in [2.24, 2.45) is 0 Å². The SMILES string of the molecule is Cc1cnc(-c2cc3c(OC[C@@H](O)CN4CCC(c5cc6ccccc6s5)CC4)cccc3o2)o1. The summed E-state index contributed by atoms with van der Waals surface area (Å²) in [7, 11) is 0. The van der Waals surface area contributed by atoms with Gasteiger partial charge in [-0.25, -0.2) is 4.98 Å². The van der Waals surface area contributed by atoms with E-state index in [1.165, 1.54) is 15.0 Å². The summed E-state index contributed by atoms with van der Waals surface area (Å²) in [4.78, 5) is 8.07. The Hall–Kier alpha value is -3.13. The maximum atomic E-state index is 10.7. The van der Waals surface area contributed by atoms with E-state index in [-0.39, 0.29) is 6.61 Å². The molecule has 1 saturated heterocycles. The average molecular weight is 489 g/mol. The van der Waals surface area contributed by atoms with Gasteiger partial charge in [0.25, 0.3) is 5.89 Å². The van der Waals surface area contributed by atoms with E-state index in [1.807, 2.05) is 42.5 Å². The van der Waals surface area contributed by atoms with Crippen LogP contribution in [0.25, 0.3) is 32.7 Å². The first kappa shape index (κ1) is 22.3. The number of hydrogen-bond acceptors (Lipinski definition) is 7. The first-order valence-electron chi connectivity index (χ1n) is 12.1. The third kappa shape index (κ3) is 4.72. The molecule has 0 radical (unpaired) electrons. The molecule has 0 saturated carbocycles. The number of oxazole rings is 1. The molecule has 1 fully saturated rings. The largest absolute Gasteiger partial charge is 0.490 e. The van der Waals surface area contributed by atoms with Crippen LogP contribution in [0.15, 0.2) is 69.6 Å². The summed E-state index contributed by atoms with van der Waals surface area (Å²) in [6, 6.07) is 18.5. The molecule has 1 aliphatic rings. The molecule has 1 aliphatic heterocycles. The van der Waals surface area contributed by atoms with E-state index in [0.29, 0.717) is 35.4 Å². The van der Waals surface area contributed by atoms with Crippen LogP contribution in [0.2, 0.25) is 0 Å². The fraction of sp³-hybridized carbons (Fsp3) is 0.321. The monoisotopic (exact) mass is 488 g/mol. The van der Waals surface area contributed by atoms with E-state index in [9.17, 15) is 5.11 Å². The third-order valence-corrected chi connectivity index (χ3v) is 7.97. The lowest BCUT2D eigenvalue weighted by Crippen LogP contribution is -2.40. The first-order chi connectivity index (χ1) is 17.1. The lowest BCUT2D eigenvalue weighted by Gasteiger charge is -2.32. The van der Waals surface area contributed by atoms with Crippen molar-refractivity contribution in [2.75, 3.05) is 26.2 Å². The molecule has 6 rings (SSSR count). The number of rotatable bonds is 7. The van der Waals surface area contributed by atoms with Gasteiger partial charge >= 0.3 is 0 Å². The molecule has 5 aromatic rings. The molecule has 180 valence electrons. The summed E-state index contributed by atoms with van der Waals surface area (Å²) < 4.78 is 18.9. The number of likely N-dealkylation sites (tertiary alicyclic amines) is 1. The number of thiophene rings is 1. The summed E-state index contributed by atoms with van der Waals surface area (Å²) >= 11 is 1.92. The highest BCUT2D eigenvalue weighted by Crippen LogP contribution is 2.36. The number of fused-ring (bicyclic) bond motifs is 2. The molecule has 1 atom stereocenters. The molecule has 35 heavy (non-hydrogen) atoms. The lowest BCUT2D eigenvalue weighted by atomic mass is 9.95. The molecule has 4 heterocycles. The second-order valence-corrected chi connectivity index (χ2v) is 10.4. The number of benzene rings is 2. The molecule has 7 heteroatoms. The van der Waals surface area contributed by atoms with Crippen molar-refractivity contribution < 1.29 is 18.7 Å². The van der Waals surface area contributed by atoms with Crippen molar-refractivity contribution in [3.8, 4) is 17.4 Å². The Morgan fingerprint density at radius 2 is 1.97 bits per heavy atom. The number of aliphatic hydroxyl groups is 1. The van der Waals surface area contributed by atoms with Gasteiger partial charge in [-0.15, -0.1) is 11.3 Å². The van der Waals surface area contributed by atoms with Gasteiger partial charge in [0.05, 0.1) is 11.6 Å². The van der Waals surface area contributed by atoms with Crippen LogP contribution in [0.5, 0.6) is 5.75 Å². The van der Waals surface area contributed by atoms with Crippen molar-refractivity contribution in [3.05, 3.63) is 71.4 Å². The average Bonchev–Trinajstić information content (AvgIpc) is 3.60. The summed E-state index contributed by atoms with van der Waals surface area (Å²) in [6.07, 6.45) is 3.35. The maximum absolute atomic E-state index is 10.7. The maximum Gasteiger partial charge on any atom is 0.263 e. The van der Waals surface area contributed by atoms with Gasteiger partial charge in [0, 0.05) is 22.2 Å². The van der Waals surface area contributed by atoms with Gasteiger partial charge in [0.2, 0.25) is 0 Å². The molecule has 0 unspecified atom stereocenters. The number of furan rings is 1. The van der Waals surface area contributed by atoms with Crippen LogP contribution in [0.1, 0.15) is 29.4 Å². The molecular formula is C28H28N2O4S. The molecule has 2 aromatic carbocycles. The predicted octanol–water partition coefficient (Wildman–Crippen LogP) is 6.23. The number of aliphatic hydroxyl groups excluding tert-OH is 1. The highest BCUT2D eigenvalue weighted by Gasteiger charge is 2.24. The number of piperidine rings is 1. The number of hydrogen-bond donors (Lipinski definition) is 1. The minimum Gasteiger partial charge on any atom is -0.490 e. The van der Waals surface area contributed by atoms with Gasteiger partial charge in [-0.1, -0.05) is 24.3 Å². The van der Waals surface area contributed by atoms with E-state index in [0.717, 1.165) is 37.1 Å². The molecule has 6 nitrogen and oxygen atoms in total. The fourth-order valence-electron chi connectivity index (χ4n) is 4.87. The second kappa shape index (κ2) is 9.49. The van der Waals surface area contributed by atoms with Gasteiger partial charge in [-0.3, -0.25) is 0 Å². The van der Waals surface area contributed by atoms with Crippen LogP contribution in [-0.2, 0) is 0 Å². The quantitative estimate of drug-likeness (QED) is 0.293. The molecule has 0 aliphatic carbocycles. The molecule has 0 spiro atoms. The van der Waals surface area contributed by atoms with E-state index in [2.05, 4.69) is 40.2 Å². The zero-order valence-electron chi connectivity index (χ0n) is 19.6. The molecular weight excluding hydrogens is 460 g/mol. The molecule has 1 N–H and O–H groups in total. The Balaban J connectivity index is 1.04. The van der Waals surface area contributed by atoms with Gasteiger partial charge in [-0.05, 0) is 68.4 Å². The van der Waals surface area contributed by atoms with E-state index >= 15 is 0 Å². The Morgan fingerprint density at radius 1 is 1.11 bits per heavy atom. The lowest BCUT2D eigenvalue weighted by molar-refractivity contribution is 0.0600. The van der Waals surface area contributed by atoms with Crippen LogP contribution in [0, 0.1) is 6.92 Å². The van der Waals surface area contributed by atoms with Crippen molar-refractivity contribution >= 4 is 32.4 Å². The standard InChI is InChI=1S/C28H28N2O4S/c1-18-15-29-28(33-18)25-14-22-23(6-4-7-24(22)34-25)32-17-21(31)16-30-11-9-19(10-12-30)27-13-20-5-2-3-8-26(20)35-27/h2-8,13-15,19,21,31H,9-12,16-17H2,1H3/t21-/m0/s1. The minimum absolute atomic E-state index is 0.230. The van der Waals surface area contributed by atoms with E-state index in [1.54, 1.807) is 6.20 Å². The van der Waals surface area contributed by atoms with Crippen molar-refractivity contribution in [1.82, 2.24) is 9.88 Å². The van der Waals surface area contributed by atoms with Gasteiger partial charge in [0.15, 0.2) is 5.76 Å². The first-order valence-corrected chi connectivity index (χ1v) is 12.9. The number of aryl methyl sites for hydroxylation is 1. The van der Waals surface area contributed by atoms with Crippen molar-refractivity contribution in [3.63, 3.8) is 0 Å². The van der Waals surface area contributed by atoms with Crippen LogP contribution in [0.4, 0.5) is 0 Å². The number of aromatic nitrogens is 1.